The maximum Gasteiger partial charge on any atom is 0.328 e. The zero-order valence-corrected chi connectivity index (χ0v) is 19.5. The number of anilines is 1. The summed E-state index contributed by atoms with van der Waals surface area (Å²) in [5, 5.41) is 17.8. The Morgan fingerprint density at radius 3 is 2.76 bits per heavy atom. The Hall–Kier alpha value is -4.04. The highest BCUT2D eigenvalue weighted by atomic mass is 32.1. The number of benzene rings is 1. The minimum atomic E-state index is -0.499. The molecule has 0 saturated heterocycles. The fourth-order valence-corrected chi connectivity index (χ4v) is 4.21. The minimum Gasteiger partial charge on any atom is -0.461 e. The Balaban J connectivity index is 1.26. The van der Waals surface area contributed by atoms with Gasteiger partial charge in [-0.2, -0.15) is 10.2 Å². The van der Waals surface area contributed by atoms with E-state index in [0.717, 1.165) is 5.57 Å². The highest BCUT2D eigenvalue weighted by molar-refractivity contribution is 7.18. The Labute approximate surface area is 198 Å². The van der Waals surface area contributed by atoms with Crippen LogP contribution < -0.4 is 9.64 Å². The van der Waals surface area contributed by atoms with Crippen LogP contribution >= 0.6 is 11.3 Å². The molecule has 11 heteroatoms. The van der Waals surface area contributed by atoms with Gasteiger partial charge in [0.1, 0.15) is 11.9 Å². The van der Waals surface area contributed by atoms with E-state index in [0.29, 0.717) is 39.8 Å². The lowest BCUT2D eigenvalue weighted by Gasteiger charge is -2.21. The standard InChI is InChI=1S/C23H20FN7O2S/c1-13(2)20-27-21(33-29-20)30-8-6-16(7-9-30)14(3)32-23-28-31-12-19(26-22(31)34-23)17-5-4-15(11-25)10-18(17)24/h4-8,10,12-14H,9H2,1-3H3/t14-/m0/s1. The maximum atomic E-state index is 14.3. The number of hydrogen-bond donors (Lipinski definition) is 0. The first kappa shape index (κ1) is 21.8. The molecule has 9 nitrogen and oxygen atoms in total. The zero-order valence-electron chi connectivity index (χ0n) is 18.6. The first-order valence-electron chi connectivity index (χ1n) is 10.6. The molecular weight excluding hydrogens is 457 g/mol. The first-order chi connectivity index (χ1) is 16.4. The summed E-state index contributed by atoms with van der Waals surface area (Å²) in [4.78, 5) is 11.3. The predicted molar refractivity (Wildman–Crippen MR) is 124 cm³/mol. The van der Waals surface area contributed by atoms with Crippen molar-refractivity contribution in [2.45, 2.75) is 32.8 Å². The van der Waals surface area contributed by atoms with Gasteiger partial charge in [-0.05, 0) is 48.1 Å². The van der Waals surface area contributed by atoms with E-state index in [2.05, 4.69) is 20.2 Å². The molecule has 0 spiro atoms. The quantitative estimate of drug-likeness (QED) is 0.393. The van der Waals surface area contributed by atoms with Gasteiger partial charge in [-0.15, -0.1) is 5.10 Å². The molecule has 0 N–H and O–H groups in total. The van der Waals surface area contributed by atoms with Crippen molar-refractivity contribution in [3.63, 3.8) is 0 Å². The van der Waals surface area contributed by atoms with Gasteiger partial charge in [-0.3, -0.25) is 4.90 Å². The summed E-state index contributed by atoms with van der Waals surface area (Å²) < 4.78 is 27.2. The van der Waals surface area contributed by atoms with Gasteiger partial charge in [0.2, 0.25) is 4.96 Å². The van der Waals surface area contributed by atoms with Crippen molar-refractivity contribution < 1.29 is 13.7 Å². The van der Waals surface area contributed by atoms with Gasteiger partial charge in [-0.25, -0.2) is 13.9 Å². The predicted octanol–water partition coefficient (Wildman–Crippen LogP) is 4.70. The fourth-order valence-electron chi connectivity index (χ4n) is 3.40. The maximum absolute atomic E-state index is 14.3. The third kappa shape index (κ3) is 4.15. The van der Waals surface area contributed by atoms with Crippen molar-refractivity contribution >= 4 is 22.3 Å². The highest BCUT2D eigenvalue weighted by Gasteiger charge is 2.20. The molecule has 0 aliphatic carbocycles. The number of hydrogen-bond acceptors (Lipinski definition) is 9. The van der Waals surface area contributed by atoms with Crippen LogP contribution in [-0.2, 0) is 0 Å². The number of rotatable bonds is 6. The number of nitriles is 1. The Morgan fingerprint density at radius 1 is 1.26 bits per heavy atom. The minimum absolute atomic E-state index is 0.198. The van der Waals surface area contributed by atoms with Crippen molar-refractivity contribution in [2.75, 3.05) is 11.4 Å². The summed E-state index contributed by atoms with van der Waals surface area (Å²) in [6, 6.07) is 6.68. The molecule has 1 aliphatic rings. The molecular formula is C23H20FN7O2S. The van der Waals surface area contributed by atoms with Crippen LogP contribution in [0, 0.1) is 17.1 Å². The molecule has 0 saturated carbocycles. The molecule has 34 heavy (non-hydrogen) atoms. The van der Waals surface area contributed by atoms with Gasteiger partial charge >= 0.3 is 6.01 Å². The number of ether oxygens (including phenoxy) is 1. The monoisotopic (exact) mass is 477 g/mol. The van der Waals surface area contributed by atoms with E-state index in [1.165, 1.54) is 17.4 Å². The number of halogens is 1. The van der Waals surface area contributed by atoms with Gasteiger partial charge < -0.3 is 9.26 Å². The van der Waals surface area contributed by atoms with E-state index >= 15 is 0 Å². The molecule has 0 unspecified atom stereocenters. The number of aromatic nitrogens is 5. The van der Waals surface area contributed by atoms with Crippen LogP contribution in [0.2, 0.25) is 0 Å². The zero-order chi connectivity index (χ0) is 23.8. The third-order valence-corrected chi connectivity index (χ3v) is 6.12. The molecule has 4 aromatic rings. The SMILES string of the molecule is CC(C)c1noc(N2C=CC([C@H](C)Oc3nn4cc(-c5ccc(C#N)cc5F)nc4s3)=CC2)n1. The summed E-state index contributed by atoms with van der Waals surface area (Å²) in [5.74, 6) is 0.374. The lowest BCUT2D eigenvalue weighted by molar-refractivity contribution is 0.256. The normalized spacial score (nSPS) is 14.5. The average molecular weight is 478 g/mol. The van der Waals surface area contributed by atoms with Crippen molar-refractivity contribution in [2.24, 2.45) is 0 Å². The van der Waals surface area contributed by atoms with Crippen LogP contribution in [0.15, 0.2) is 52.8 Å². The van der Waals surface area contributed by atoms with Crippen LogP contribution in [0.5, 0.6) is 5.19 Å². The van der Waals surface area contributed by atoms with Crippen molar-refractivity contribution in [1.29, 1.82) is 5.26 Å². The van der Waals surface area contributed by atoms with Crippen molar-refractivity contribution in [3.05, 3.63) is 65.5 Å². The second-order valence-electron chi connectivity index (χ2n) is 8.05. The van der Waals surface area contributed by atoms with Crippen LogP contribution in [-0.4, -0.2) is 37.4 Å². The summed E-state index contributed by atoms with van der Waals surface area (Å²) in [6.45, 7) is 6.55. The van der Waals surface area contributed by atoms with E-state index in [1.54, 1.807) is 22.8 Å². The molecule has 1 atom stereocenters. The molecule has 1 aromatic carbocycles. The third-order valence-electron chi connectivity index (χ3n) is 5.31. The van der Waals surface area contributed by atoms with Crippen LogP contribution in [0.4, 0.5) is 10.4 Å². The number of nitrogens with zero attached hydrogens (tertiary/aromatic N) is 7. The second kappa shape index (κ2) is 8.72. The highest BCUT2D eigenvalue weighted by Crippen LogP contribution is 2.29. The molecule has 4 heterocycles. The van der Waals surface area contributed by atoms with E-state index < -0.39 is 5.82 Å². The van der Waals surface area contributed by atoms with Gasteiger partial charge in [0.25, 0.3) is 5.19 Å². The van der Waals surface area contributed by atoms with E-state index in [1.807, 2.05) is 50.1 Å². The molecule has 0 amide bonds. The van der Waals surface area contributed by atoms with Crippen molar-refractivity contribution in [3.8, 4) is 22.5 Å². The largest absolute Gasteiger partial charge is 0.461 e. The number of imidazole rings is 1. The molecule has 5 rings (SSSR count). The van der Waals surface area contributed by atoms with E-state index in [4.69, 9.17) is 14.5 Å². The molecule has 3 aromatic heterocycles. The van der Waals surface area contributed by atoms with E-state index in [-0.39, 0.29) is 17.6 Å². The van der Waals surface area contributed by atoms with Gasteiger partial charge in [0.15, 0.2) is 5.82 Å². The molecule has 0 fully saturated rings. The number of fused-ring (bicyclic) bond motifs is 1. The summed E-state index contributed by atoms with van der Waals surface area (Å²) in [6.07, 6.45) is 7.27. The Bertz CT molecular complexity index is 1430. The van der Waals surface area contributed by atoms with Crippen LogP contribution in [0.1, 0.15) is 38.1 Å². The summed E-state index contributed by atoms with van der Waals surface area (Å²) in [7, 11) is 0. The van der Waals surface area contributed by atoms with Crippen molar-refractivity contribution in [1.82, 2.24) is 24.7 Å². The smallest absolute Gasteiger partial charge is 0.328 e. The first-order valence-corrected chi connectivity index (χ1v) is 11.4. The van der Waals surface area contributed by atoms with E-state index in [9.17, 15) is 4.39 Å². The van der Waals surface area contributed by atoms with Crippen LogP contribution in [0.3, 0.4) is 0 Å². The molecule has 0 radical (unpaired) electrons. The lowest BCUT2D eigenvalue weighted by Crippen LogP contribution is -2.23. The topological polar surface area (TPSA) is 105 Å². The summed E-state index contributed by atoms with van der Waals surface area (Å²) >= 11 is 1.27. The van der Waals surface area contributed by atoms with Gasteiger partial charge in [-0.1, -0.05) is 25.1 Å². The molecule has 172 valence electrons. The molecule has 0 bridgehead atoms. The lowest BCUT2D eigenvalue weighted by atomic mass is 10.1. The van der Waals surface area contributed by atoms with Crippen LogP contribution in [0.25, 0.3) is 16.2 Å². The second-order valence-corrected chi connectivity index (χ2v) is 8.97. The molecule has 1 aliphatic heterocycles. The Morgan fingerprint density at radius 2 is 2.12 bits per heavy atom. The van der Waals surface area contributed by atoms with Gasteiger partial charge in [0, 0.05) is 24.2 Å². The fraction of sp³-hybridized carbons (Fsp3) is 0.261. The average Bonchev–Trinajstić information content (AvgIpc) is 3.54. The summed E-state index contributed by atoms with van der Waals surface area (Å²) in [5.41, 5.74) is 2.01. The van der Waals surface area contributed by atoms with Gasteiger partial charge in [0.05, 0.1) is 23.5 Å². The Kier molecular flexibility index (Phi) is 5.59.